The molecule has 74 valence electrons. The van der Waals surface area contributed by atoms with Crippen LogP contribution in [0.1, 0.15) is 12.8 Å². The highest BCUT2D eigenvalue weighted by atomic mass is 32.2. The van der Waals surface area contributed by atoms with Gasteiger partial charge in [0, 0.05) is 6.54 Å². The summed E-state index contributed by atoms with van der Waals surface area (Å²) in [5, 5.41) is 6.12. The van der Waals surface area contributed by atoms with E-state index in [1.165, 1.54) is 17.9 Å². The molecule has 3 nitrogen and oxygen atoms in total. The number of hydrogen-bond acceptors (Lipinski definition) is 3. The summed E-state index contributed by atoms with van der Waals surface area (Å²) in [6.07, 6.45) is 2.27. The Hall–Kier alpha value is -0.220. The van der Waals surface area contributed by atoms with Gasteiger partial charge in [0.25, 0.3) is 0 Å². The van der Waals surface area contributed by atoms with Gasteiger partial charge in [-0.3, -0.25) is 4.79 Å². The maximum atomic E-state index is 11.4. The lowest BCUT2D eigenvalue weighted by Gasteiger charge is -2.26. The zero-order chi connectivity index (χ0) is 9.10. The van der Waals surface area contributed by atoms with Crippen molar-refractivity contribution in [1.82, 2.24) is 10.6 Å². The second-order valence-corrected chi connectivity index (χ2v) is 4.92. The van der Waals surface area contributed by atoms with Gasteiger partial charge >= 0.3 is 0 Å². The molecule has 2 unspecified atom stereocenters. The third-order valence-electron chi connectivity index (χ3n) is 2.73. The summed E-state index contributed by atoms with van der Waals surface area (Å²) >= 11 is 2.00. The molecule has 0 aromatic carbocycles. The lowest BCUT2D eigenvalue weighted by Crippen LogP contribution is -2.53. The normalized spacial score (nSPS) is 32.6. The van der Waals surface area contributed by atoms with E-state index in [2.05, 4.69) is 10.6 Å². The molecule has 0 radical (unpaired) electrons. The van der Waals surface area contributed by atoms with Crippen molar-refractivity contribution in [2.24, 2.45) is 5.92 Å². The SMILES string of the molecule is O=C(NCC1CCSC1)C1CCN1. The summed E-state index contributed by atoms with van der Waals surface area (Å²) in [7, 11) is 0. The average Bonchev–Trinajstić information content (AvgIpc) is 2.49. The van der Waals surface area contributed by atoms with Crippen LogP contribution in [0, 0.1) is 5.92 Å². The quantitative estimate of drug-likeness (QED) is 0.684. The maximum Gasteiger partial charge on any atom is 0.237 e. The Morgan fingerprint density at radius 2 is 2.38 bits per heavy atom. The fourth-order valence-corrected chi connectivity index (χ4v) is 2.91. The summed E-state index contributed by atoms with van der Waals surface area (Å²) in [6.45, 7) is 1.88. The number of thioether (sulfide) groups is 1. The molecule has 2 rings (SSSR count). The van der Waals surface area contributed by atoms with E-state index in [0.717, 1.165) is 19.5 Å². The highest BCUT2D eigenvalue weighted by Crippen LogP contribution is 2.22. The monoisotopic (exact) mass is 200 g/mol. The fourth-order valence-electron chi connectivity index (χ4n) is 1.62. The summed E-state index contributed by atoms with van der Waals surface area (Å²) in [5.74, 6) is 3.40. The van der Waals surface area contributed by atoms with Crippen molar-refractivity contribution in [2.75, 3.05) is 24.6 Å². The summed E-state index contributed by atoms with van der Waals surface area (Å²) in [4.78, 5) is 11.4. The molecular formula is C9H16N2OS. The fraction of sp³-hybridized carbons (Fsp3) is 0.889. The molecular weight excluding hydrogens is 184 g/mol. The standard InChI is InChI=1S/C9H16N2OS/c12-9(8-1-3-10-8)11-5-7-2-4-13-6-7/h7-8,10H,1-6H2,(H,11,12). The predicted molar refractivity (Wildman–Crippen MR) is 54.8 cm³/mol. The van der Waals surface area contributed by atoms with Gasteiger partial charge in [0.1, 0.15) is 0 Å². The lowest BCUT2D eigenvalue weighted by atomic mass is 10.1. The van der Waals surface area contributed by atoms with Gasteiger partial charge in [-0.25, -0.2) is 0 Å². The molecule has 0 spiro atoms. The minimum absolute atomic E-state index is 0.106. The lowest BCUT2D eigenvalue weighted by molar-refractivity contribution is -0.124. The molecule has 0 bridgehead atoms. The van der Waals surface area contributed by atoms with Crippen molar-refractivity contribution in [3.8, 4) is 0 Å². The molecule has 2 saturated heterocycles. The number of carbonyl (C=O) groups excluding carboxylic acids is 1. The highest BCUT2D eigenvalue weighted by molar-refractivity contribution is 7.99. The van der Waals surface area contributed by atoms with Crippen molar-refractivity contribution in [2.45, 2.75) is 18.9 Å². The van der Waals surface area contributed by atoms with E-state index in [0.29, 0.717) is 5.92 Å². The molecule has 0 aliphatic carbocycles. The van der Waals surface area contributed by atoms with Crippen LogP contribution in [0.5, 0.6) is 0 Å². The number of nitrogens with one attached hydrogen (secondary N) is 2. The number of rotatable bonds is 3. The van der Waals surface area contributed by atoms with Gasteiger partial charge in [0.2, 0.25) is 5.91 Å². The van der Waals surface area contributed by atoms with E-state index in [4.69, 9.17) is 0 Å². The largest absolute Gasteiger partial charge is 0.354 e. The van der Waals surface area contributed by atoms with E-state index in [1.54, 1.807) is 0 Å². The second-order valence-electron chi connectivity index (χ2n) is 3.77. The number of amides is 1. The maximum absolute atomic E-state index is 11.4. The Balaban J connectivity index is 1.63. The van der Waals surface area contributed by atoms with E-state index in [9.17, 15) is 4.79 Å². The highest BCUT2D eigenvalue weighted by Gasteiger charge is 2.25. The molecule has 1 amide bonds. The molecule has 0 aromatic heterocycles. The Kier molecular flexibility index (Phi) is 3.11. The van der Waals surface area contributed by atoms with Crippen LogP contribution in [0.15, 0.2) is 0 Å². The first kappa shape index (κ1) is 9.34. The Bertz CT molecular complexity index is 188. The van der Waals surface area contributed by atoms with Crippen LogP contribution in [0.2, 0.25) is 0 Å². The van der Waals surface area contributed by atoms with Gasteiger partial charge in [-0.1, -0.05) is 0 Å². The second kappa shape index (κ2) is 4.33. The Labute approximate surface area is 83.0 Å². The predicted octanol–water partition coefficient (Wildman–Crippen LogP) is 0.218. The topological polar surface area (TPSA) is 41.1 Å². The van der Waals surface area contributed by atoms with Crippen molar-refractivity contribution in [3.05, 3.63) is 0 Å². The van der Waals surface area contributed by atoms with Crippen LogP contribution in [-0.2, 0) is 4.79 Å². The van der Waals surface area contributed by atoms with Crippen LogP contribution in [0.25, 0.3) is 0 Å². The minimum Gasteiger partial charge on any atom is -0.354 e. The van der Waals surface area contributed by atoms with Gasteiger partial charge < -0.3 is 10.6 Å². The van der Waals surface area contributed by atoms with Crippen molar-refractivity contribution < 1.29 is 4.79 Å². The van der Waals surface area contributed by atoms with Crippen molar-refractivity contribution in [3.63, 3.8) is 0 Å². The average molecular weight is 200 g/mol. The third kappa shape index (κ3) is 2.38. The molecule has 2 heterocycles. The van der Waals surface area contributed by atoms with Crippen LogP contribution in [0.4, 0.5) is 0 Å². The molecule has 2 aliphatic rings. The molecule has 0 aromatic rings. The third-order valence-corrected chi connectivity index (χ3v) is 3.96. The van der Waals surface area contributed by atoms with Gasteiger partial charge in [-0.2, -0.15) is 11.8 Å². The molecule has 2 N–H and O–H groups in total. The van der Waals surface area contributed by atoms with Crippen LogP contribution in [0.3, 0.4) is 0 Å². The van der Waals surface area contributed by atoms with Crippen LogP contribution < -0.4 is 10.6 Å². The number of carbonyl (C=O) groups is 1. The van der Waals surface area contributed by atoms with E-state index < -0.39 is 0 Å². The van der Waals surface area contributed by atoms with Crippen LogP contribution >= 0.6 is 11.8 Å². The molecule has 2 atom stereocenters. The molecule has 2 fully saturated rings. The zero-order valence-electron chi connectivity index (χ0n) is 7.71. The Morgan fingerprint density at radius 3 is 2.92 bits per heavy atom. The van der Waals surface area contributed by atoms with E-state index >= 15 is 0 Å². The summed E-state index contributed by atoms with van der Waals surface area (Å²) in [5.41, 5.74) is 0. The smallest absolute Gasteiger partial charge is 0.237 e. The van der Waals surface area contributed by atoms with Crippen molar-refractivity contribution >= 4 is 17.7 Å². The van der Waals surface area contributed by atoms with Crippen molar-refractivity contribution in [1.29, 1.82) is 0 Å². The molecule has 4 heteroatoms. The number of hydrogen-bond donors (Lipinski definition) is 2. The molecule has 13 heavy (non-hydrogen) atoms. The first-order valence-electron chi connectivity index (χ1n) is 4.95. The van der Waals surface area contributed by atoms with E-state index in [-0.39, 0.29) is 11.9 Å². The zero-order valence-corrected chi connectivity index (χ0v) is 8.53. The van der Waals surface area contributed by atoms with Gasteiger partial charge in [-0.05, 0) is 36.8 Å². The molecule has 2 aliphatic heterocycles. The van der Waals surface area contributed by atoms with Crippen LogP contribution in [-0.4, -0.2) is 36.5 Å². The van der Waals surface area contributed by atoms with Gasteiger partial charge in [0.05, 0.1) is 6.04 Å². The first-order chi connectivity index (χ1) is 6.36. The summed E-state index contributed by atoms with van der Waals surface area (Å²) in [6, 6.07) is 0.106. The van der Waals surface area contributed by atoms with Gasteiger partial charge in [-0.15, -0.1) is 0 Å². The first-order valence-corrected chi connectivity index (χ1v) is 6.10. The summed E-state index contributed by atoms with van der Waals surface area (Å²) < 4.78 is 0. The molecule has 0 saturated carbocycles. The van der Waals surface area contributed by atoms with Gasteiger partial charge in [0.15, 0.2) is 0 Å². The minimum atomic E-state index is 0.106. The Morgan fingerprint density at radius 1 is 1.54 bits per heavy atom. The van der Waals surface area contributed by atoms with E-state index in [1.807, 2.05) is 11.8 Å².